The molecule has 0 aliphatic carbocycles. The normalized spacial score (nSPS) is 12.1. The summed E-state index contributed by atoms with van der Waals surface area (Å²) < 4.78 is 154. The Balaban J connectivity index is 0. The van der Waals surface area contributed by atoms with Crippen LogP contribution in [0.25, 0.3) is 0 Å². The fraction of sp³-hybridized carbons (Fsp3) is 0.870. The topological polar surface area (TPSA) is 132 Å². The molecular formula is C46H84F8N4O6S2. The Labute approximate surface area is 392 Å². The van der Waals surface area contributed by atoms with E-state index in [4.69, 9.17) is 0 Å². The molecule has 0 aliphatic heterocycles. The molecule has 0 saturated carbocycles. The Kier molecular flexibility index (Phi) is 39.4. The summed E-state index contributed by atoms with van der Waals surface area (Å²) in [7, 11) is -8.30. The first-order valence-electron chi connectivity index (χ1n) is 24.3. The van der Waals surface area contributed by atoms with E-state index in [0.29, 0.717) is 0 Å². The summed E-state index contributed by atoms with van der Waals surface area (Å²) in [5.74, 6) is 0. The number of hydrogen-bond donors (Lipinski definition) is 0. The van der Waals surface area contributed by atoms with E-state index >= 15 is 0 Å². The van der Waals surface area contributed by atoms with Crippen LogP contribution in [0.2, 0.25) is 0 Å². The predicted octanol–water partition coefficient (Wildman–Crippen LogP) is 13.1. The van der Waals surface area contributed by atoms with Gasteiger partial charge in [0.2, 0.25) is 12.7 Å². The first-order valence-corrected chi connectivity index (χ1v) is 27.1. The Morgan fingerprint density at radius 1 is 0.424 bits per heavy atom. The SMILES string of the molecule is CCCCCCCCCCCCCCCCCCn1cc[n+](C)c1.CCCCCCCCCCCCCCCCn1cc[n+](C)c1.O=S(=O)([O-])C(F)(F)C(F)F.O=S(=O)([O-])C(F)(F)C(F)F. The van der Waals surface area contributed by atoms with Crippen LogP contribution in [0.4, 0.5) is 35.1 Å². The monoisotopic (exact) mass is 1000 g/mol. The molecule has 66 heavy (non-hydrogen) atoms. The van der Waals surface area contributed by atoms with E-state index in [-0.39, 0.29) is 0 Å². The van der Waals surface area contributed by atoms with Crippen LogP contribution in [0.5, 0.6) is 0 Å². The molecule has 0 atom stereocenters. The third-order valence-corrected chi connectivity index (χ3v) is 12.6. The molecule has 0 fully saturated rings. The van der Waals surface area contributed by atoms with Gasteiger partial charge >= 0.3 is 23.4 Å². The highest BCUT2D eigenvalue weighted by Crippen LogP contribution is 2.28. The molecule has 2 aromatic heterocycles. The van der Waals surface area contributed by atoms with Crippen molar-refractivity contribution in [2.45, 2.75) is 243 Å². The standard InChI is InChI=1S/C22H43N2.C20H39N2.2C2H2F4O3S/c1-3-4-5-6-7-8-9-10-11-12-13-14-15-16-17-18-19-24-21-20-23(2)22-24;1-3-4-5-6-7-8-9-10-11-12-13-14-15-16-17-22-19-18-21(2)20-22;2*3-1(4)2(5,6)10(7,8)9/h20-22H,3-19H2,1-2H3;18-20H,3-17H2,1-2H3;2*1H,(H,7,8,9)/q2*+1;;/p-2. The Bertz CT molecular complexity index is 1580. The molecule has 0 radical (unpaired) electrons. The second-order valence-electron chi connectivity index (χ2n) is 17.2. The third-order valence-electron chi connectivity index (χ3n) is 10.9. The molecule has 0 bridgehead atoms. The summed E-state index contributed by atoms with van der Waals surface area (Å²) in [5, 5.41) is -11.0. The fourth-order valence-electron chi connectivity index (χ4n) is 6.82. The molecule has 0 aromatic carbocycles. The molecule has 0 unspecified atom stereocenters. The van der Waals surface area contributed by atoms with Gasteiger partial charge in [0.25, 0.3) is 0 Å². The summed E-state index contributed by atoms with van der Waals surface area (Å²) in [6.45, 7) is 6.95. The van der Waals surface area contributed by atoms with Gasteiger partial charge in [-0.05, 0) is 25.7 Å². The Morgan fingerprint density at radius 3 is 0.758 bits per heavy atom. The highest BCUT2D eigenvalue weighted by Gasteiger charge is 2.48. The van der Waals surface area contributed by atoms with Gasteiger partial charge in [0.1, 0.15) is 24.8 Å². The molecule has 0 saturated heterocycles. The molecule has 10 nitrogen and oxygen atoms in total. The summed E-state index contributed by atoms with van der Waals surface area (Å²) in [6, 6.07) is 0. The van der Waals surface area contributed by atoms with E-state index < -0.39 is 43.6 Å². The molecule has 2 heterocycles. The van der Waals surface area contributed by atoms with Crippen LogP contribution in [0.15, 0.2) is 37.4 Å². The summed E-state index contributed by atoms with van der Waals surface area (Å²) in [6.07, 6.45) is 47.1. The van der Waals surface area contributed by atoms with E-state index in [9.17, 15) is 61.1 Å². The van der Waals surface area contributed by atoms with Crippen LogP contribution in [-0.2, 0) is 47.4 Å². The minimum Gasteiger partial charge on any atom is -0.743 e. The third kappa shape index (κ3) is 35.8. The van der Waals surface area contributed by atoms with Gasteiger partial charge in [0.15, 0.2) is 20.2 Å². The zero-order valence-electron chi connectivity index (χ0n) is 40.3. The van der Waals surface area contributed by atoms with Gasteiger partial charge in [-0.25, -0.2) is 52.7 Å². The van der Waals surface area contributed by atoms with Crippen LogP contribution in [0.3, 0.4) is 0 Å². The van der Waals surface area contributed by atoms with Crippen molar-refractivity contribution in [1.29, 1.82) is 0 Å². The lowest BCUT2D eigenvalue weighted by Gasteiger charge is -2.17. The van der Waals surface area contributed by atoms with Gasteiger partial charge in [-0.3, -0.25) is 0 Å². The number of aromatic nitrogens is 4. The van der Waals surface area contributed by atoms with Crippen molar-refractivity contribution in [2.75, 3.05) is 0 Å². The molecule has 0 N–H and O–H groups in total. The van der Waals surface area contributed by atoms with Gasteiger partial charge in [-0.1, -0.05) is 181 Å². The Morgan fingerprint density at radius 2 is 0.621 bits per heavy atom. The first-order chi connectivity index (χ1) is 31.0. The van der Waals surface area contributed by atoms with Gasteiger partial charge in [0.05, 0.1) is 27.2 Å². The quantitative estimate of drug-likeness (QED) is 0.0289. The molecule has 0 spiro atoms. The second-order valence-corrected chi connectivity index (χ2v) is 20.1. The predicted molar refractivity (Wildman–Crippen MR) is 242 cm³/mol. The van der Waals surface area contributed by atoms with Crippen molar-refractivity contribution < 1.29 is 70.2 Å². The zero-order chi connectivity index (χ0) is 50.3. The van der Waals surface area contributed by atoms with Crippen molar-refractivity contribution in [2.24, 2.45) is 14.1 Å². The number of halogens is 8. The lowest BCUT2D eigenvalue weighted by molar-refractivity contribution is -0.671. The number of hydrogen-bond acceptors (Lipinski definition) is 6. The highest BCUT2D eigenvalue weighted by atomic mass is 32.2. The average molecular weight is 1010 g/mol. The minimum atomic E-state index is -6.23. The van der Waals surface area contributed by atoms with E-state index in [1.54, 1.807) is 0 Å². The highest BCUT2D eigenvalue weighted by molar-refractivity contribution is 7.87. The van der Waals surface area contributed by atoms with E-state index in [2.05, 4.69) is 83.7 Å². The second kappa shape index (κ2) is 39.5. The molecule has 0 aliphatic rings. The van der Waals surface area contributed by atoms with Crippen LogP contribution in [-0.4, -0.2) is 58.4 Å². The maximum atomic E-state index is 11.4. The average Bonchev–Trinajstić information content (AvgIpc) is 3.87. The fourth-order valence-corrected chi connectivity index (χ4v) is 7.25. The number of rotatable bonds is 36. The van der Waals surface area contributed by atoms with Crippen molar-refractivity contribution in [1.82, 2.24) is 9.13 Å². The number of alkyl halides is 8. The van der Waals surface area contributed by atoms with Crippen LogP contribution >= 0.6 is 0 Å². The molecule has 2 rings (SSSR count). The largest absolute Gasteiger partial charge is 0.743 e. The summed E-state index contributed by atoms with van der Waals surface area (Å²) >= 11 is 0. The van der Waals surface area contributed by atoms with Crippen LogP contribution in [0, 0.1) is 0 Å². The van der Waals surface area contributed by atoms with E-state index in [0.717, 1.165) is 0 Å². The van der Waals surface area contributed by atoms with Gasteiger partial charge in [-0.2, -0.15) is 17.6 Å². The van der Waals surface area contributed by atoms with Crippen LogP contribution in [0.1, 0.15) is 206 Å². The smallest absolute Gasteiger partial charge is 0.393 e. The van der Waals surface area contributed by atoms with E-state index in [1.807, 2.05) is 0 Å². The first kappa shape index (κ1) is 65.8. The molecule has 392 valence electrons. The lowest BCUT2D eigenvalue weighted by atomic mass is 10.0. The maximum Gasteiger partial charge on any atom is 0.393 e. The van der Waals surface area contributed by atoms with Crippen molar-refractivity contribution >= 4 is 20.2 Å². The summed E-state index contributed by atoms with van der Waals surface area (Å²) in [4.78, 5) is 0. The van der Waals surface area contributed by atoms with Gasteiger partial charge in [0, 0.05) is 0 Å². The number of imidazole rings is 2. The summed E-state index contributed by atoms with van der Waals surface area (Å²) in [5.41, 5.74) is 0. The van der Waals surface area contributed by atoms with Crippen molar-refractivity contribution in [3.8, 4) is 0 Å². The molecular weight excluding hydrogens is 921 g/mol. The van der Waals surface area contributed by atoms with Gasteiger partial charge < -0.3 is 9.11 Å². The zero-order valence-corrected chi connectivity index (χ0v) is 42.0. The van der Waals surface area contributed by atoms with E-state index in [1.165, 1.54) is 206 Å². The van der Waals surface area contributed by atoms with Crippen molar-refractivity contribution in [3.05, 3.63) is 37.4 Å². The molecule has 2 aromatic rings. The maximum absolute atomic E-state index is 11.4. The number of unbranched alkanes of at least 4 members (excludes halogenated alkanes) is 28. The minimum absolute atomic E-state index is 1.18. The lowest BCUT2D eigenvalue weighted by Crippen LogP contribution is -2.36. The van der Waals surface area contributed by atoms with Crippen LogP contribution < -0.4 is 9.13 Å². The molecule has 20 heteroatoms. The van der Waals surface area contributed by atoms with Crippen molar-refractivity contribution in [3.63, 3.8) is 0 Å². The Hall–Kier alpha value is -2.32. The number of nitrogens with zero attached hydrogens (tertiary/aromatic N) is 4. The number of aryl methyl sites for hydroxylation is 4. The molecule has 0 amide bonds. The van der Waals surface area contributed by atoms with Gasteiger partial charge in [-0.15, -0.1) is 0 Å².